The van der Waals surface area contributed by atoms with Gasteiger partial charge in [-0.25, -0.2) is 8.42 Å². The van der Waals surface area contributed by atoms with Crippen LogP contribution in [-0.4, -0.2) is 39.3 Å². The second-order valence-corrected chi connectivity index (χ2v) is 8.22. The number of hydrogen-bond donors (Lipinski definition) is 0. The van der Waals surface area contributed by atoms with Gasteiger partial charge >= 0.3 is 0 Å². The highest BCUT2D eigenvalue weighted by Gasteiger charge is 2.32. The van der Waals surface area contributed by atoms with Crippen LogP contribution < -0.4 is 14.4 Å². The van der Waals surface area contributed by atoms with Crippen LogP contribution in [0.1, 0.15) is 24.2 Å². The summed E-state index contributed by atoms with van der Waals surface area (Å²) in [6.45, 7) is 4.86. The predicted molar refractivity (Wildman–Crippen MR) is 109 cm³/mol. The van der Waals surface area contributed by atoms with Gasteiger partial charge in [0.25, 0.3) is 5.91 Å². The van der Waals surface area contributed by atoms with Crippen molar-refractivity contribution in [2.75, 3.05) is 23.9 Å². The molecule has 1 amide bonds. The second kappa shape index (κ2) is 8.48. The molecule has 1 aliphatic heterocycles. The molecule has 0 saturated heterocycles. The van der Waals surface area contributed by atoms with Crippen LogP contribution in [0, 0.1) is 0 Å². The summed E-state index contributed by atoms with van der Waals surface area (Å²) in [5.74, 6) is 0.950. The topological polar surface area (TPSA) is 72.9 Å². The summed E-state index contributed by atoms with van der Waals surface area (Å²) in [7, 11) is -3.31. The first kappa shape index (κ1) is 19.9. The van der Waals surface area contributed by atoms with Gasteiger partial charge in [0.2, 0.25) is 0 Å². The summed E-state index contributed by atoms with van der Waals surface area (Å²) < 4.78 is 34.7. The van der Waals surface area contributed by atoms with E-state index in [1.165, 1.54) is 10.3 Å². The van der Waals surface area contributed by atoms with Crippen LogP contribution in [0.25, 0.3) is 0 Å². The molecule has 0 aliphatic carbocycles. The minimum atomic E-state index is -3.31. The molecular weight excluding hydrogens is 378 g/mol. The first-order chi connectivity index (χ1) is 13.4. The highest BCUT2D eigenvalue weighted by molar-refractivity contribution is 7.94. The van der Waals surface area contributed by atoms with E-state index in [2.05, 4.69) is 0 Å². The maximum absolute atomic E-state index is 13.2. The van der Waals surface area contributed by atoms with E-state index in [1.807, 2.05) is 13.8 Å². The van der Waals surface area contributed by atoms with Crippen LogP contribution in [0.2, 0.25) is 0 Å². The molecule has 2 aromatic carbocycles. The Bertz CT molecular complexity index is 949. The van der Waals surface area contributed by atoms with Crippen molar-refractivity contribution in [1.82, 2.24) is 0 Å². The number of benzene rings is 2. The Morgan fingerprint density at radius 3 is 1.96 bits per heavy atom. The lowest BCUT2D eigenvalue weighted by Gasteiger charge is -2.28. The number of anilines is 1. The van der Waals surface area contributed by atoms with Crippen LogP contribution >= 0.6 is 0 Å². The van der Waals surface area contributed by atoms with Crippen molar-refractivity contribution in [3.63, 3.8) is 0 Å². The van der Waals surface area contributed by atoms with Crippen LogP contribution in [0.4, 0.5) is 5.69 Å². The van der Waals surface area contributed by atoms with E-state index in [4.69, 9.17) is 9.47 Å². The molecule has 7 heteroatoms. The molecule has 1 heterocycles. The molecule has 0 radical (unpaired) electrons. The van der Waals surface area contributed by atoms with Crippen molar-refractivity contribution in [2.45, 2.75) is 19.9 Å². The third-order valence-corrected chi connectivity index (χ3v) is 5.68. The fraction of sp³-hybridized carbons (Fsp3) is 0.286. The van der Waals surface area contributed by atoms with Crippen molar-refractivity contribution in [3.8, 4) is 11.5 Å². The molecule has 0 bridgehead atoms. The first-order valence-corrected chi connectivity index (χ1v) is 10.9. The van der Waals surface area contributed by atoms with Gasteiger partial charge in [0.05, 0.1) is 25.0 Å². The third-order valence-electron chi connectivity index (χ3n) is 4.30. The van der Waals surface area contributed by atoms with Gasteiger partial charge in [0, 0.05) is 16.7 Å². The van der Waals surface area contributed by atoms with Gasteiger partial charge in [-0.15, -0.1) is 0 Å². The van der Waals surface area contributed by atoms with Crippen molar-refractivity contribution in [2.24, 2.45) is 0 Å². The van der Waals surface area contributed by atoms with Crippen LogP contribution in [-0.2, 0) is 9.84 Å². The quantitative estimate of drug-likeness (QED) is 0.711. The van der Waals surface area contributed by atoms with Crippen molar-refractivity contribution in [3.05, 3.63) is 65.6 Å². The first-order valence-electron chi connectivity index (χ1n) is 9.13. The van der Waals surface area contributed by atoms with E-state index in [9.17, 15) is 13.2 Å². The number of amides is 1. The van der Waals surface area contributed by atoms with Crippen LogP contribution in [0.3, 0.4) is 0 Å². The smallest absolute Gasteiger partial charge is 0.258 e. The number of carbonyl (C=O) groups is 1. The van der Waals surface area contributed by atoms with Crippen molar-refractivity contribution in [1.29, 1.82) is 0 Å². The Morgan fingerprint density at radius 2 is 1.50 bits per heavy atom. The Kier molecular flexibility index (Phi) is 6.04. The highest BCUT2D eigenvalue weighted by atomic mass is 32.2. The molecule has 0 spiro atoms. The number of rotatable bonds is 7. The van der Waals surface area contributed by atoms with E-state index >= 15 is 0 Å². The molecule has 3 rings (SSSR count). The summed E-state index contributed by atoms with van der Waals surface area (Å²) in [6.07, 6.45) is 1.55. The highest BCUT2D eigenvalue weighted by Crippen LogP contribution is 2.27. The van der Waals surface area contributed by atoms with E-state index < -0.39 is 15.9 Å². The molecular formula is C21H23NO5S. The van der Waals surface area contributed by atoms with E-state index in [-0.39, 0.29) is 11.7 Å². The molecule has 0 fully saturated rings. The van der Waals surface area contributed by atoms with Crippen molar-refractivity contribution >= 4 is 21.4 Å². The maximum atomic E-state index is 13.2. The van der Waals surface area contributed by atoms with Gasteiger partial charge < -0.3 is 14.4 Å². The average Bonchev–Trinajstić information content (AvgIpc) is 3.04. The zero-order valence-corrected chi connectivity index (χ0v) is 16.7. The summed E-state index contributed by atoms with van der Waals surface area (Å²) in [5.41, 5.74) is 1.06. The molecule has 0 unspecified atom stereocenters. The van der Waals surface area contributed by atoms with Gasteiger partial charge in [-0.05, 0) is 68.5 Å². The van der Waals surface area contributed by atoms with E-state index in [0.29, 0.717) is 36.0 Å². The molecule has 2 aromatic rings. The average molecular weight is 401 g/mol. The number of sulfone groups is 1. The lowest BCUT2D eigenvalue weighted by Crippen LogP contribution is -2.41. The third kappa shape index (κ3) is 4.54. The molecule has 0 saturated carbocycles. The Labute approximate surface area is 165 Å². The normalized spacial score (nSPS) is 17.3. The fourth-order valence-electron chi connectivity index (χ4n) is 3.05. The van der Waals surface area contributed by atoms with E-state index in [1.54, 1.807) is 54.6 Å². The number of hydrogen-bond acceptors (Lipinski definition) is 5. The summed E-state index contributed by atoms with van der Waals surface area (Å²) in [6, 6.07) is 13.3. The lowest BCUT2D eigenvalue weighted by molar-refractivity contribution is 0.0983. The van der Waals surface area contributed by atoms with E-state index in [0.717, 1.165) is 0 Å². The number of ether oxygens (including phenoxy) is 2. The molecule has 148 valence electrons. The van der Waals surface area contributed by atoms with Gasteiger partial charge in [-0.1, -0.05) is 0 Å². The minimum absolute atomic E-state index is 0.136. The second-order valence-electron chi connectivity index (χ2n) is 6.28. The molecule has 6 nitrogen and oxygen atoms in total. The van der Waals surface area contributed by atoms with Gasteiger partial charge in [-0.2, -0.15) is 0 Å². The zero-order chi connectivity index (χ0) is 20.1. The molecule has 0 aromatic heterocycles. The fourth-order valence-corrected chi connectivity index (χ4v) is 4.32. The Morgan fingerprint density at radius 1 is 0.964 bits per heavy atom. The zero-order valence-electron chi connectivity index (χ0n) is 15.9. The number of carbonyl (C=O) groups excluding carboxylic acids is 1. The molecule has 1 aliphatic rings. The van der Waals surface area contributed by atoms with Gasteiger partial charge in [0.1, 0.15) is 11.5 Å². The minimum Gasteiger partial charge on any atom is -0.494 e. The Balaban J connectivity index is 1.93. The lowest BCUT2D eigenvalue weighted by atomic mass is 10.1. The van der Waals surface area contributed by atoms with Gasteiger partial charge in [-0.3, -0.25) is 4.79 Å². The monoisotopic (exact) mass is 401 g/mol. The molecule has 1 atom stereocenters. The predicted octanol–water partition coefficient (Wildman–Crippen LogP) is 3.44. The summed E-state index contributed by atoms with van der Waals surface area (Å²) >= 11 is 0. The SMILES string of the molecule is CCOc1ccc(C(=O)N(c2ccc(OCC)cc2)[C@H]2C=CS(=O)(=O)C2)cc1. The summed E-state index contributed by atoms with van der Waals surface area (Å²) in [4.78, 5) is 14.8. The summed E-state index contributed by atoms with van der Waals surface area (Å²) in [5, 5.41) is 1.17. The van der Waals surface area contributed by atoms with Gasteiger partial charge in [0.15, 0.2) is 9.84 Å². The molecule has 28 heavy (non-hydrogen) atoms. The van der Waals surface area contributed by atoms with Crippen LogP contribution in [0.15, 0.2) is 60.0 Å². The molecule has 0 N–H and O–H groups in total. The number of nitrogens with zero attached hydrogens (tertiary/aromatic N) is 1. The largest absolute Gasteiger partial charge is 0.494 e. The van der Waals surface area contributed by atoms with Crippen LogP contribution in [0.5, 0.6) is 11.5 Å². The standard InChI is InChI=1S/C21H23NO5S/c1-3-26-19-9-5-16(6-10-19)21(23)22(18-13-14-28(24,25)15-18)17-7-11-20(12-8-17)27-4-2/h5-14,18H,3-4,15H2,1-2H3/t18-/m0/s1. The van der Waals surface area contributed by atoms with Crippen molar-refractivity contribution < 1.29 is 22.7 Å². The Hall–Kier alpha value is -2.80. The maximum Gasteiger partial charge on any atom is 0.258 e.